The minimum Gasteiger partial charge on any atom is -0.309 e. The molecule has 146 valence electrons. The monoisotopic (exact) mass is 392 g/mol. The van der Waals surface area contributed by atoms with E-state index >= 15 is 0 Å². The number of fused-ring (bicyclic) bond motifs is 1. The first-order valence-electron chi connectivity index (χ1n) is 8.37. The number of amides is 2. The molecule has 0 bridgehead atoms. The van der Waals surface area contributed by atoms with Gasteiger partial charge in [0.2, 0.25) is 15.9 Å². The average Bonchev–Trinajstić information content (AvgIpc) is 2.64. The molecule has 0 saturated heterocycles. The van der Waals surface area contributed by atoms with E-state index in [-0.39, 0.29) is 17.2 Å². The summed E-state index contributed by atoms with van der Waals surface area (Å²) in [5.41, 5.74) is 4.50. The number of carbonyl (C=O) groups is 2. The first-order valence-corrected chi connectivity index (χ1v) is 9.81. The molecule has 2 N–H and O–H groups in total. The highest BCUT2D eigenvalue weighted by atomic mass is 32.2. The highest BCUT2D eigenvalue weighted by Crippen LogP contribution is 2.21. The minimum absolute atomic E-state index is 0.103. The zero-order chi connectivity index (χ0) is 20.0. The van der Waals surface area contributed by atoms with Gasteiger partial charge in [0, 0.05) is 20.0 Å². The van der Waals surface area contributed by atoms with E-state index in [9.17, 15) is 18.0 Å². The van der Waals surface area contributed by atoms with Gasteiger partial charge < -0.3 is 4.90 Å². The third kappa shape index (κ3) is 5.75. The second-order valence-electron chi connectivity index (χ2n) is 6.42. The van der Waals surface area contributed by atoms with Crippen molar-refractivity contribution in [2.24, 2.45) is 0 Å². The number of hydrogen-bond donors (Lipinski definition) is 2. The van der Waals surface area contributed by atoms with Gasteiger partial charge in [0.1, 0.15) is 0 Å². The van der Waals surface area contributed by atoms with Gasteiger partial charge in [-0.2, -0.15) is 4.31 Å². The Balaban J connectivity index is 1.97. The summed E-state index contributed by atoms with van der Waals surface area (Å²) in [7, 11) is 1.15. The van der Waals surface area contributed by atoms with Gasteiger partial charge in [-0.3, -0.25) is 20.4 Å². The van der Waals surface area contributed by atoms with Gasteiger partial charge in [-0.15, -0.1) is 0 Å². The maximum Gasteiger partial charge on any atom is 0.253 e. The van der Waals surface area contributed by atoms with Crippen molar-refractivity contribution in [2.75, 3.05) is 34.2 Å². The van der Waals surface area contributed by atoms with Gasteiger partial charge >= 0.3 is 0 Å². The highest BCUT2D eigenvalue weighted by molar-refractivity contribution is 7.89. The maximum atomic E-state index is 12.7. The molecule has 0 aliphatic heterocycles. The van der Waals surface area contributed by atoms with Crippen molar-refractivity contribution in [1.29, 1.82) is 0 Å². The zero-order valence-electron chi connectivity index (χ0n) is 15.6. The van der Waals surface area contributed by atoms with Crippen molar-refractivity contribution in [3.05, 3.63) is 42.5 Å². The van der Waals surface area contributed by atoms with Gasteiger partial charge in [-0.1, -0.05) is 30.3 Å². The number of benzene rings is 2. The van der Waals surface area contributed by atoms with Gasteiger partial charge in [0.25, 0.3) is 5.91 Å². The van der Waals surface area contributed by atoms with Crippen LogP contribution in [-0.4, -0.2) is 63.7 Å². The van der Waals surface area contributed by atoms with Crippen molar-refractivity contribution < 1.29 is 18.0 Å². The van der Waals surface area contributed by atoms with Gasteiger partial charge in [0.05, 0.1) is 11.4 Å². The van der Waals surface area contributed by atoms with E-state index in [2.05, 4.69) is 10.9 Å². The third-order valence-corrected chi connectivity index (χ3v) is 5.72. The Morgan fingerprint density at radius 3 is 2.22 bits per heavy atom. The first-order chi connectivity index (χ1) is 12.7. The maximum absolute atomic E-state index is 12.7. The number of hydrazine groups is 1. The van der Waals surface area contributed by atoms with E-state index in [0.717, 1.165) is 15.1 Å². The second kappa shape index (κ2) is 8.94. The van der Waals surface area contributed by atoms with Gasteiger partial charge in [-0.25, -0.2) is 8.42 Å². The number of hydrogen-bond acceptors (Lipinski definition) is 5. The number of rotatable bonds is 7. The molecule has 0 radical (unpaired) electrons. The highest BCUT2D eigenvalue weighted by Gasteiger charge is 2.23. The molecule has 0 saturated carbocycles. The molecule has 2 amide bonds. The standard InChI is InChI=1S/C18H24N4O4S/c1-21(2)11-10-17(23)19-20-18(24)13-22(3)27(25,26)16-9-8-14-6-4-5-7-15(14)12-16/h4-9,12H,10-11,13H2,1-3H3,(H,19,23)(H,20,24). The van der Waals surface area contributed by atoms with Crippen LogP contribution in [0, 0.1) is 0 Å². The van der Waals surface area contributed by atoms with Crippen LogP contribution in [0.25, 0.3) is 10.8 Å². The van der Waals surface area contributed by atoms with Crippen LogP contribution in [0.4, 0.5) is 0 Å². The van der Waals surface area contributed by atoms with E-state index in [1.54, 1.807) is 12.1 Å². The van der Waals surface area contributed by atoms with Crippen LogP contribution < -0.4 is 10.9 Å². The van der Waals surface area contributed by atoms with Gasteiger partial charge in [-0.05, 0) is 37.0 Å². The van der Waals surface area contributed by atoms with Crippen LogP contribution in [0.5, 0.6) is 0 Å². The molecule has 2 rings (SSSR count). The molecule has 0 atom stereocenters. The van der Waals surface area contributed by atoms with E-state index in [1.165, 1.54) is 13.1 Å². The minimum atomic E-state index is -3.83. The number of sulfonamides is 1. The van der Waals surface area contributed by atoms with Crippen LogP contribution in [0.15, 0.2) is 47.4 Å². The molecular weight excluding hydrogens is 368 g/mol. The number of likely N-dealkylation sites (N-methyl/N-ethyl adjacent to an activating group) is 1. The Labute approximate surface area is 159 Å². The van der Waals surface area contributed by atoms with Crippen LogP contribution in [0.3, 0.4) is 0 Å². The van der Waals surface area contributed by atoms with Crippen LogP contribution >= 0.6 is 0 Å². The van der Waals surface area contributed by atoms with E-state index in [4.69, 9.17) is 0 Å². The quantitative estimate of drug-likeness (QED) is 0.671. The molecule has 0 heterocycles. The van der Waals surface area contributed by atoms with Crippen LogP contribution in [-0.2, 0) is 19.6 Å². The molecule has 0 fully saturated rings. The Bertz CT molecular complexity index is 928. The third-order valence-electron chi connectivity index (χ3n) is 3.92. The van der Waals surface area contributed by atoms with E-state index < -0.39 is 22.5 Å². The summed E-state index contributed by atoms with van der Waals surface area (Å²) in [6.45, 7) is 0.126. The summed E-state index contributed by atoms with van der Waals surface area (Å²) < 4.78 is 26.3. The number of nitrogens with zero attached hydrogens (tertiary/aromatic N) is 2. The Hall–Kier alpha value is -2.49. The number of nitrogens with one attached hydrogen (secondary N) is 2. The Kier molecular flexibility index (Phi) is 6.89. The fraction of sp³-hybridized carbons (Fsp3) is 0.333. The smallest absolute Gasteiger partial charge is 0.253 e. The summed E-state index contributed by atoms with van der Waals surface area (Å²) in [6, 6.07) is 12.2. The summed E-state index contributed by atoms with van der Waals surface area (Å²) in [5, 5.41) is 1.72. The molecular formula is C18H24N4O4S. The predicted octanol–water partition coefficient (Wildman–Crippen LogP) is 0.559. The molecule has 2 aromatic rings. The molecule has 0 unspecified atom stereocenters. The van der Waals surface area contributed by atoms with Gasteiger partial charge in [0.15, 0.2) is 0 Å². The molecule has 9 heteroatoms. The lowest BCUT2D eigenvalue weighted by atomic mass is 10.1. The molecule has 0 aliphatic carbocycles. The second-order valence-corrected chi connectivity index (χ2v) is 8.46. The largest absolute Gasteiger partial charge is 0.309 e. The van der Waals surface area contributed by atoms with Crippen molar-refractivity contribution in [1.82, 2.24) is 20.1 Å². The van der Waals surface area contributed by atoms with Crippen LogP contribution in [0.1, 0.15) is 6.42 Å². The average molecular weight is 392 g/mol. The van der Waals surface area contributed by atoms with E-state index in [0.29, 0.717) is 6.54 Å². The van der Waals surface area contributed by atoms with Crippen LogP contribution in [0.2, 0.25) is 0 Å². The molecule has 0 spiro atoms. The fourth-order valence-electron chi connectivity index (χ4n) is 2.36. The summed E-state index contributed by atoms with van der Waals surface area (Å²) >= 11 is 0. The van der Waals surface area contributed by atoms with Crippen molar-refractivity contribution in [3.8, 4) is 0 Å². The topological polar surface area (TPSA) is 98.8 Å². The zero-order valence-corrected chi connectivity index (χ0v) is 16.4. The number of carbonyl (C=O) groups excluding carboxylic acids is 2. The lowest BCUT2D eigenvalue weighted by molar-refractivity contribution is -0.129. The SMILES string of the molecule is CN(C)CCC(=O)NNC(=O)CN(C)S(=O)(=O)c1ccc2ccccc2c1. The summed E-state index contributed by atoms with van der Waals surface area (Å²) in [4.78, 5) is 25.5. The molecule has 27 heavy (non-hydrogen) atoms. The molecule has 2 aromatic carbocycles. The van der Waals surface area contributed by atoms with Crippen molar-refractivity contribution in [3.63, 3.8) is 0 Å². The molecule has 0 aromatic heterocycles. The normalized spacial score (nSPS) is 11.7. The summed E-state index contributed by atoms with van der Waals surface area (Å²) in [6.07, 6.45) is 0.221. The van der Waals surface area contributed by atoms with E-state index in [1.807, 2.05) is 43.3 Å². The van der Waals surface area contributed by atoms with Crippen molar-refractivity contribution in [2.45, 2.75) is 11.3 Å². The molecule has 0 aliphatic rings. The lowest BCUT2D eigenvalue weighted by Crippen LogP contribution is -2.47. The van der Waals surface area contributed by atoms with Crippen molar-refractivity contribution >= 4 is 32.6 Å². The summed E-state index contributed by atoms with van der Waals surface area (Å²) in [5.74, 6) is -0.975. The Morgan fingerprint density at radius 1 is 0.926 bits per heavy atom. The molecule has 8 nitrogen and oxygen atoms in total. The lowest BCUT2D eigenvalue weighted by Gasteiger charge is -2.17. The first kappa shape index (κ1) is 20.8. The Morgan fingerprint density at radius 2 is 1.56 bits per heavy atom. The predicted molar refractivity (Wildman–Crippen MR) is 103 cm³/mol. The fourth-order valence-corrected chi connectivity index (χ4v) is 3.52.